The maximum atomic E-state index is 15.0. The number of benzene rings is 2. The molecule has 1 aliphatic heterocycles. The van der Waals surface area contributed by atoms with Gasteiger partial charge in [0.25, 0.3) is 5.56 Å². The van der Waals surface area contributed by atoms with Crippen LogP contribution in [0.15, 0.2) is 59.4 Å². The smallest absolute Gasteiger partial charge is 0.315 e. The quantitative estimate of drug-likeness (QED) is 0.549. The van der Waals surface area contributed by atoms with Crippen LogP contribution in [0.1, 0.15) is 30.2 Å². The number of carbonyl (C=O) groups excluding carboxylic acids is 2. The zero-order chi connectivity index (χ0) is 24.6. The Bertz CT molecular complexity index is 1400. The second-order valence-electron chi connectivity index (χ2n) is 8.11. The number of urea groups is 1. The number of aryl methyl sites for hydroxylation is 1. The molecule has 0 spiro atoms. The van der Waals surface area contributed by atoms with Gasteiger partial charge in [-0.1, -0.05) is 30.0 Å². The molecule has 1 saturated heterocycles. The second-order valence-corrected chi connectivity index (χ2v) is 8.11. The SMILES string of the molecule is CN1C(=O)N(c2c(F)cc(C#Cc3ccccc3)cc2F)C(=O)CC1(C)c1ccc(=O)n(C)n1. The Morgan fingerprint density at radius 1 is 0.912 bits per heavy atom. The molecular formula is C25H20F2N4O3. The molecule has 1 aliphatic rings. The summed E-state index contributed by atoms with van der Waals surface area (Å²) in [5, 5.41) is 4.15. The number of amides is 3. The summed E-state index contributed by atoms with van der Waals surface area (Å²) in [7, 11) is 2.85. The topological polar surface area (TPSA) is 75.5 Å². The van der Waals surface area contributed by atoms with Gasteiger partial charge in [0.05, 0.1) is 17.7 Å². The fourth-order valence-electron chi connectivity index (χ4n) is 3.75. The van der Waals surface area contributed by atoms with Crippen LogP contribution in [0.5, 0.6) is 0 Å². The first-order valence-electron chi connectivity index (χ1n) is 10.3. The largest absolute Gasteiger partial charge is 0.332 e. The van der Waals surface area contributed by atoms with Crippen LogP contribution in [0, 0.1) is 23.5 Å². The molecule has 4 rings (SSSR count). The monoisotopic (exact) mass is 462 g/mol. The van der Waals surface area contributed by atoms with Crippen molar-refractivity contribution in [1.29, 1.82) is 0 Å². The van der Waals surface area contributed by atoms with Gasteiger partial charge in [0.1, 0.15) is 5.69 Å². The van der Waals surface area contributed by atoms with Gasteiger partial charge in [-0.25, -0.2) is 23.2 Å². The Morgan fingerprint density at radius 2 is 1.53 bits per heavy atom. The predicted octanol–water partition coefficient (Wildman–Crippen LogP) is 3.16. The maximum absolute atomic E-state index is 15.0. The Balaban J connectivity index is 1.69. The van der Waals surface area contributed by atoms with Crippen LogP contribution in [-0.2, 0) is 17.4 Å². The summed E-state index contributed by atoms with van der Waals surface area (Å²) in [6.07, 6.45) is -0.297. The molecule has 0 radical (unpaired) electrons. The van der Waals surface area contributed by atoms with Crippen LogP contribution < -0.4 is 10.5 Å². The molecule has 172 valence electrons. The number of nitrogens with zero attached hydrogens (tertiary/aromatic N) is 4. The van der Waals surface area contributed by atoms with Crippen molar-refractivity contribution in [3.05, 3.63) is 93.4 Å². The molecule has 7 nitrogen and oxygen atoms in total. The van der Waals surface area contributed by atoms with Crippen molar-refractivity contribution in [2.24, 2.45) is 7.05 Å². The van der Waals surface area contributed by atoms with Gasteiger partial charge in [0, 0.05) is 31.3 Å². The van der Waals surface area contributed by atoms with Crippen molar-refractivity contribution in [1.82, 2.24) is 14.7 Å². The highest BCUT2D eigenvalue weighted by Crippen LogP contribution is 2.38. The lowest BCUT2D eigenvalue weighted by Crippen LogP contribution is -2.60. The van der Waals surface area contributed by atoms with Crippen molar-refractivity contribution in [3.8, 4) is 11.8 Å². The van der Waals surface area contributed by atoms with Gasteiger partial charge in [0.15, 0.2) is 11.6 Å². The van der Waals surface area contributed by atoms with Gasteiger partial charge in [-0.3, -0.25) is 9.59 Å². The van der Waals surface area contributed by atoms with E-state index in [-0.39, 0.29) is 17.5 Å². The van der Waals surface area contributed by atoms with Crippen LogP contribution >= 0.6 is 0 Å². The molecule has 1 unspecified atom stereocenters. The van der Waals surface area contributed by atoms with E-state index in [1.165, 1.54) is 31.1 Å². The highest BCUT2D eigenvalue weighted by Gasteiger charge is 2.48. The van der Waals surface area contributed by atoms with E-state index >= 15 is 0 Å². The molecular weight excluding hydrogens is 442 g/mol. The zero-order valence-electron chi connectivity index (χ0n) is 18.7. The minimum absolute atomic E-state index is 0.0621. The molecule has 2 aromatic carbocycles. The Kier molecular flexibility index (Phi) is 5.75. The molecule has 0 N–H and O–H groups in total. The van der Waals surface area contributed by atoms with Crippen LogP contribution in [-0.4, -0.2) is 33.7 Å². The molecule has 0 aliphatic carbocycles. The van der Waals surface area contributed by atoms with Crippen LogP contribution in [0.25, 0.3) is 0 Å². The maximum Gasteiger partial charge on any atom is 0.332 e. The number of aromatic nitrogens is 2. The van der Waals surface area contributed by atoms with Gasteiger partial charge < -0.3 is 4.90 Å². The van der Waals surface area contributed by atoms with Crippen molar-refractivity contribution in [2.45, 2.75) is 18.9 Å². The number of halogens is 2. The fourth-order valence-corrected chi connectivity index (χ4v) is 3.75. The summed E-state index contributed by atoms with van der Waals surface area (Å²) in [6, 6.07) is 12.7. The average Bonchev–Trinajstić information content (AvgIpc) is 2.80. The van der Waals surface area contributed by atoms with Crippen molar-refractivity contribution < 1.29 is 18.4 Å². The lowest BCUT2D eigenvalue weighted by Gasteiger charge is -2.44. The molecule has 3 amide bonds. The summed E-state index contributed by atoms with van der Waals surface area (Å²) >= 11 is 0. The van der Waals surface area contributed by atoms with Crippen molar-refractivity contribution in [3.63, 3.8) is 0 Å². The fraction of sp³-hybridized carbons (Fsp3) is 0.200. The molecule has 34 heavy (non-hydrogen) atoms. The lowest BCUT2D eigenvalue weighted by molar-refractivity contribution is -0.122. The highest BCUT2D eigenvalue weighted by molar-refractivity contribution is 6.16. The molecule has 1 atom stereocenters. The second kappa shape index (κ2) is 8.56. The van der Waals surface area contributed by atoms with Gasteiger partial charge >= 0.3 is 6.03 Å². The van der Waals surface area contributed by atoms with Gasteiger partial charge in [-0.2, -0.15) is 5.10 Å². The first-order chi connectivity index (χ1) is 16.1. The molecule has 2 heterocycles. The van der Waals surface area contributed by atoms with E-state index in [9.17, 15) is 23.2 Å². The summed E-state index contributed by atoms with van der Waals surface area (Å²) < 4.78 is 31.1. The summed E-state index contributed by atoms with van der Waals surface area (Å²) in [4.78, 5) is 39.5. The minimum Gasteiger partial charge on any atom is -0.315 e. The average molecular weight is 462 g/mol. The van der Waals surface area contributed by atoms with Gasteiger partial charge in [-0.15, -0.1) is 0 Å². The molecule has 1 aromatic heterocycles. The van der Waals surface area contributed by atoms with Crippen LogP contribution in [0.3, 0.4) is 0 Å². The van der Waals surface area contributed by atoms with Crippen molar-refractivity contribution >= 4 is 17.6 Å². The molecule has 1 fully saturated rings. The van der Waals surface area contributed by atoms with E-state index in [0.29, 0.717) is 16.2 Å². The van der Waals surface area contributed by atoms with E-state index in [4.69, 9.17) is 0 Å². The highest BCUT2D eigenvalue weighted by atomic mass is 19.1. The molecule has 0 bridgehead atoms. The number of anilines is 1. The number of rotatable bonds is 2. The minimum atomic E-state index is -1.22. The van der Waals surface area contributed by atoms with Gasteiger partial charge in [0.2, 0.25) is 5.91 Å². The Morgan fingerprint density at radius 3 is 2.15 bits per heavy atom. The van der Waals surface area contributed by atoms with Gasteiger partial charge in [-0.05, 0) is 37.3 Å². The Hall–Kier alpha value is -4.32. The summed E-state index contributed by atoms with van der Waals surface area (Å²) in [6.45, 7) is 1.60. The molecule has 0 saturated carbocycles. The number of carbonyl (C=O) groups is 2. The van der Waals surface area contributed by atoms with E-state index in [0.717, 1.165) is 16.8 Å². The van der Waals surface area contributed by atoms with E-state index < -0.39 is 34.8 Å². The number of hydrogen-bond donors (Lipinski definition) is 0. The van der Waals surface area contributed by atoms with Crippen LogP contribution in [0.2, 0.25) is 0 Å². The third-order valence-corrected chi connectivity index (χ3v) is 5.84. The number of imide groups is 1. The Labute approximate surface area is 194 Å². The van der Waals surface area contributed by atoms with E-state index in [2.05, 4.69) is 16.9 Å². The molecule has 3 aromatic rings. The first kappa shape index (κ1) is 22.9. The molecule has 9 heteroatoms. The summed E-state index contributed by atoms with van der Waals surface area (Å²) in [5.41, 5.74) is -1.31. The van der Waals surface area contributed by atoms with Crippen molar-refractivity contribution in [2.75, 3.05) is 11.9 Å². The number of hydrogen-bond acceptors (Lipinski definition) is 4. The first-order valence-corrected chi connectivity index (χ1v) is 10.3. The summed E-state index contributed by atoms with van der Waals surface area (Å²) in [5.74, 6) is 2.51. The zero-order valence-corrected chi connectivity index (χ0v) is 18.7. The third kappa shape index (κ3) is 3.94. The van der Waals surface area contributed by atoms with E-state index in [1.54, 1.807) is 31.2 Å². The lowest BCUT2D eigenvalue weighted by atomic mass is 9.88. The van der Waals surface area contributed by atoms with Crippen LogP contribution in [0.4, 0.5) is 19.3 Å². The predicted molar refractivity (Wildman–Crippen MR) is 121 cm³/mol. The standard InChI is InChI=1S/C25H20F2N4O3/c1-25(20-11-12-21(32)30(3)28-20)15-22(33)31(24(34)29(25)2)23-18(26)13-17(14-19(23)27)10-9-16-7-5-4-6-8-16/h4-8,11-14H,15H2,1-3H3. The third-order valence-electron chi connectivity index (χ3n) is 5.84. The van der Waals surface area contributed by atoms with E-state index in [1.807, 2.05) is 6.07 Å². The normalized spacial score (nSPS) is 18.0.